The van der Waals surface area contributed by atoms with Gasteiger partial charge in [0, 0.05) is 24.2 Å². The second kappa shape index (κ2) is 11.1. The van der Waals surface area contributed by atoms with E-state index in [1.807, 2.05) is 54.6 Å². The second-order valence-electron chi connectivity index (χ2n) is 9.47. The summed E-state index contributed by atoms with van der Waals surface area (Å²) in [4.78, 5) is 29.1. The number of hydrogen-bond donors (Lipinski definition) is 2. The Bertz CT molecular complexity index is 1770. The number of halogens is 1. The highest BCUT2D eigenvalue weighted by atomic mass is 32.1. The molecule has 7 rings (SSSR count). The minimum absolute atomic E-state index is 0.00894. The third-order valence-electron chi connectivity index (χ3n) is 6.74. The lowest BCUT2D eigenvalue weighted by atomic mass is 10.0. The van der Waals surface area contributed by atoms with Crippen LogP contribution in [0.1, 0.15) is 11.1 Å². The molecule has 11 nitrogen and oxygen atoms in total. The van der Waals surface area contributed by atoms with Crippen molar-refractivity contribution in [2.24, 2.45) is 4.99 Å². The summed E-state index contributed by atoms with van der Waals surface area (Å²) in [7, 11) is 0. The number of anilines is 3. The Morgan fingerprint density at radius 2 is 1.81 bits per heavy atom. The molecule has 0 spiro atoms. The van der Waals surface area contributed by atoms with Crippen LogP contribution in [-0.2, 0) is 9.53 Å². The maximum absolute atomic E-state index is 13.5. The molecule has 0 radical (unpaired) electrons. The van der Waals surface area contributed by atoms with Gasteiger partial charge in [-0.25, -0.2) is 14.4 Å². The fourth-order valence-electron chi connectivity index (χ4n) is 4.72. The first-order valence-electron chi connectivity index (χ1n) is 13.2. The summed E-state index contributed by atoms with van der Waals surface area (Å²) in [5, 5.41) is 15.7. The standard InChI is InChI=1S/C29H23FN8O3S/c30-18-10-11-21(31-16-18)27-34-23(28(42-27)38-12-14-40-15-13-38)26-36-37-29(41-26)35-24-25(39)32-20-9-5-4-8-19(20)22(33-24)17-6-2-1-3-7-17/h1-11,16,24H,12-15H2,(H,32,39)(H,35,37)/t24-/m1/s1. The van der Waals surface area contributed by atoms with Gasteiger partial charge in [0.25, 0.3) is 11.8 Å². The molecule has 1 fully saturated rings. The monoisotopic (exact) mass is 582 g/mol. The van der Waals surface area contributed by atoms with Crippen molar-refractivity contribution < 1.29 is 18.3 Å². The molecule has 13 heteroatoms. The van der Waals surface area contributed by atoms with Gasteiger partial charge in [-0.05, 0) is 18.2 Å². The van der Waals surface area contributed by atoms with Crippen LogP contribution in [0.2, 0.25) is 0 Å². The number of rotatable bonds is 6. The first kappa shape index (κ1) is 25.9. The predicted octanol–water partition coefficient (Wildman–Crippen LogP) is 4.46. The van der Waals surface area contributed by atoms with Crippen molar-refractivity contribution in [2.45, 2.75) is 6.17 Å². The molecule has 0 aliphatic carbocycles. The lowest BCUT2D eigenvalue weighted by Crippen LogP contribution is -2.35. The third-order valence-corrected chi connectivity index (χ3v) is 7.87. The van der Waals surface area contributed by atoms with Crippen LogP contribution < -0.4 is 15.5 Å². The van der Waals surface area contributed by atoms with Gasteiger partial charge in [-0.1, -0.05) is 65.0 Å². The smallest absolute Gasteiger partial charge is 0.317 e. The lowest BCUT2D eigenvalue weighted by molar-refractivity contribution is -0.116. The topological polar surface area (TPSA) is 131 Å². The van der Waals surface area contributed by atoms with Crippen LogP contribution in [0.25, 0.3) is 22.3 Å². The Hall–Kier alpha value is -5.01. The fourth-order valence-corrected chi connectivity index (χ4v) is 5.81. The number of aliphatic imine (C=N–C) groups is 1. The van der Waals surface area contributed by atoms with Crippen molar-refractivity contribution in [1.29, 1.82) is 0 Å². The second-order valence-corrected chi connectivity index (χ2v) is 10.4. The lowest BCUT2D eigenvalue weighted by Gasteiger charge is -2.27. The van der Waals surface area contributed by atoms with Gasteiger partial charge in [-0.3, -0.25) is 9.78 Å². The number of aromatic nitrogens is 4. The van der Waals surface area contributed by atoms with Crippen LogP contribution in [0.15, 0.2) is 82.3 Å². The van der Waals surface area contributed by atoms with Gasteiger partial charge in [0.15, 0.2) is 5.69 Å². The number of carbonyl (C=O) groups is 1. The third kappa shape index (κ3) is 5.10. The van der Waals surface area contributed by atoms with Gasteiger partial charge >= 0.3 is 6.01 Å². The first-order valence-corrected chi connectivity index (χ1v) is 14.0. The number of benzodiazepines with no additional fused rings is 1. The molecule has 0 saturated carbocycles. The summed E-state index contributed by atoms with van der Waals surface area (Å²) in [6, 6.07) is 20.1. The van der Waals surface area contributed by atoms with Crippen molar-refractivity contribution in [3.8, 4) is 22.3 Å². The first-order chi connectivity index (χ1) is 20.6. The van der Waals surface area contributed by atoms with E-state index < -0.39 is 12.0 Å². The Balaban J connectivity index is 1.22. The predicted molar refractivity (Wildman–Crippen MR) is 156 cm³/mol. The maximum Gasteiger partial charge on any atom is 0.317 e. The normalized spacial score (nSPS) is 16.8. The molecule has 2 N–H and O–H groups in total. The zero-order valence-corrected chi connectivity index (χ0v) is 22.8. The molecule has 1 atom stereocenters. The number of pyridine rings is 1. The van der Waals surface area contributed by atoms with Gasteiger partial charge in [0.05, 0.1) is 36.5 Å². The minimum Gasteiger partial charge on any atom is -0.402 e. The van der Waals surface area contributed by atoms with Crippen LogP contribution >= 0.6 is 11.3 Å². The van der Waals surface area contributed by atoms with Crippen molar-refractivity contribution in [1.82, 2.24) is 20.2 Å². The molecule has 2 aliphatic heterocycles. The van der Waals surface area contributed by atoms with E-state index in [2.05, 4.69) is 30.7 Å². The van der Waals surface area contributed by atoms with Crippen molar-refractivity contribution in [3.63, 3.8) is 0 Å². The molecule has 1 saturated heterocycles. The summed E-state index contributed by atoms with van der Waals surface area (Å²) in [6.07, 6.45) is 0.105. The van der Waals surface area contributed by atoms with Gasteiger partial charge in [0.1, 0.15) is 15.8 Å². The van der Waals surface area contributed by atoms with E-state index in [-0.39, 0.29) is 17.8 Å². The van der Waals surface area contributed by atoms with Crippen molar-refractivity contribution in [2.75, 3.05) is 41.8 Å². The van der Waals surface area contributed by atoms with Crippen LogP contribution in [0.3, 0.4) is 0 Å². The molecule has 2 aromatic carbocycles. The molecule has 3 aromatic heterocycles. The molecule has 5 heterocycles. The Morgan fingerprint density at radius 1 is 1.00 bits per heavy atom. The zero-order chi connectivity index (χ0) is 28.5. The number of benzene rings is 2. The van der Waals surface area contributed by atoms with Gasteiger partial charge in [-0.2, -0.15) is 0 Å². The van der Waals surface area contributed by atoms with Crippen LogP contribution in [-0.4, -0.2) is 64.3 Å². The number of hydrogen-bond acceptors (Lipinski definition) is 11. The van der Waals surface area contributed by atoms with Crippen molar-refractivity contribution in [3.05, 3.63) is 89.9 Å². The van der Waals surface area contributed by atoms with E-state index in [1.165, 1.54) is 17.4 Å². The molecule has 42 heavy (non-hydrogen) atoms. The molecule has 2 aliphatic rings. The number of nitrogens with zero attached hydrogens (tertiary/aromatic N) is 6. The number of amides is 1. The highest BCUT2D eigenvalue weighted by Crippen LogP contribution is 2.40. The number of para-hydroxylation sites is 1. The van der Waals surface area contributed by atoms with Gasteiger partial charge in [0.2, 0.25) is 6.17 Å². The van der Waals surface area contributed by atoms with Gasteiger partial charge < -0.3 is 24.7 Å². The zero-order valence-electron chi connectivity index (χ0n) is 22.0. The van der Waals surface area contributed by atoms with E-state index in [1.54, 1.807) is 6.07 Å². The molecule has 5 aromatic rings. The van der Waals surface area contributed by atoms with Gasteiger partial charge in [-0.15, -0.1) is 5.10 Å². The molecule has 0 unspecified atom stereocenters. The maximum atomic E-state index is 13.5. The van der Waals surface area contributed by atoms with E-state index in [9.17, 15) is 9.18 Å². The average molecular weight is 583 g/mol. The number of morpholine rings is 1. The number of carbonyl (C=O) groups excluding carboxylic acids is 1. The summed E-state index contributed by atoms with van der Waals surface area (Å²) in [6.45, 7) is 2.45. The number of nitrogens with one attached hydrogen (secondary N) is 2. The van der Waals surface area contributed by atoms with E-state index in [0.29, 0.717) is 54.1 Å². The van der Waals surface area contributed by atoms with E-state index in [4.69, 9.17) is 19.1 Å². The number of ether oxygens (including phenoxy) is 1. The fraction of sp³-hybridized carbons (Fsp3) is 0.172. The summed E-state index contributed by atoms with van der Waals surface area (Å²) in [5.74, 6) is -0.645. The molecule has 1 amide bonds. The van der Waals surface area contributed by atoms with Crippen LogP contribution in [0.4, 0.5) is 21.1 Å². The molecule has 0 bridgehead atoms. The highest BCUT2D eigenvalue weighted by Gasteiger charge is 2.29. The summed E-state index contributed by atoms with van der Waals surface area (Å²) < 4.78 is 25.0. The largest absolute Gasteiger partial charge is 0.402 e. The minimum atomic E-state index is -1.05. The summed E-state index contributed by atoms with van der Waals surface area (Å²) >= 11 is 1.40. The molecular formula is C29H23FN8O3S. The molecular weight excluding hydrogens is 559 g/mol. The average Bonchev–Trinajstić information content (AvgIpc) is 3.65. The number of thiazole rings is 1. The van der Waals surface area contributed by atoms with E-state index in [0.717, 1.165) is 22.3 Å². The summed E-state index contributed by atoms with van der Waals surface area (Å²) in [5.41, 5.74) is 3.95. The quantitative estimate of drug-likeness (QED) is 0.298. The van der Waals surface area contributed by atoms with E-state index >= 15 is 0 Å². The SMILES string of the molecule is O=C1Nc2ccccc2C(c2ccccc2)=N[C@@H]1Nc1nnc(-c2nc(-c3ccc(F)cn3)sc2N2CCOCC2)o1. The Morgan fingerprint density at radius 3 is 2.62 bits per heavy atom. The highest BCUT2D eigenvalue weighted by molar-refractivity contribution is 7.19. The number of fused-ring (bicyclic) bond motifs is 1. The molecule has 210 valence electrons. The Labute approximate surface area is 243 Å². The Kier molecular flexibility index (Phi) is 6.85. The van der Waals surface area contributed by atoms with Crippen LogP contribution in [0, 0.1) is 5.82 Å². The van der Waals surface area contributed by atoms with Crippen molar-refractivity contribution >= 4 is 39.7 Å². The van der Waals surface area contributed by atoms with Crippen LogP contribution in [0.5, 0.6) is 0 Å².